The van der Waals surface area contributed by atoms with Gasteiger partial charge in [-0.1, -0.05) is 20.8 Å². The second-order valence-electron chi connectivity index (χ2n) is 10.4. The van der Waals surface area contributed by atoms with Gasteiger partial charge in [0.15, 0.2) is 26.0 Å². The lowest BCUT2D eigenvalue weighted by molar-refractivity contribution is -0.200. The highest BCUT2D eigenvalue weighted by atomic mass is 28.4. The van der Waals surface area contributed by atoms with Crippen LogP contribution in [0.1, 0.15) is 46.5 Å². The van der Waals surface area contributed by atoms with Crippen LogP contribution in [0.4, 0.5) is 5.82 Å². The highest BCUT2D eigenvalue weighted by Crippen LogP contribution is 2.45. The molecule has 2 N–H and O–H groups in total. The molecule has 0 radical (unpaired) electrons. The number of nitrogens with zero attached hydrogens (tertiary/aromatic N) is 5. The second kappa shape index (κ2) is 7.74. The number of nitrogen functional groups attached to an aromatic ring is 1. The lowest BCUT2D eigenvalue weighted by Gasteiger charge is -2.37. The number of ether oxygens (including phenoxy) is 3. The van der Waals surface area contributed by atoms with Crippen LogP contribution in [0.15, 0.2) is 6.33 Å². The van der Waals surface area contributed by atoms with Gasteiger partial charge in [-0.25, -0.2) is 14.6 Å². The van der Waals surface area contributed by atoms with Crippen LogP contribution in [0.5, 0.6) is 0 Å². The fraction of sp³-hybridized carbons (Fsp3) is 0.714. The van der Waals surface area contributed by atoms with E-state index in [1.54, 1.807) is 4.68 Å². The Kier molecular flexibility index (Phi) is 5.58. The summed E-state index contributed by atoms with van der Waals surface area (Å²) in [4.78, 5) is 8.45. The van der Waals surface area contributed by atoms with Crippen LogP contribution < -0.4 is 5.73 Å². The molecule has 174 valence electrons. The SMILES string of the molecule is CC1(C)O[C@@H]2[C@H](O1)[C@@H](CO[Si](C)(C)C(C)(C)C)O[C@H]2n1nc(CC#N)c2c(N)ncnc21. The van der Waals surface area contributed by atoms with Crippen LogP contribution in [0.2, 0.25) is 18.1 Å². The van der Waals surface area contributed by atoms with E-state index in [-0.39, 0.29) is 29.5 Å². The lowest BCUT2D eigenvalue weighted by Crippen LogP contribution is -2.44. The minimum Gasteiger partial charge on any atom is -0.414 e. The van der Waals surface area contributed by atoms with Crippen molar-refractivity contribution in [1.82, 2.24) is 19.7 Å². The first-order valence-electron chi connectivity index (χ1n) is 10.8. The van der Waals surface area contributed by atoms with Crippen molar-refractivity contribution in [2.45, 2.75) is 89.5 Å². The van der Waals surface area contributed by atoms with Crippen molar-refractivity contribution in [2.75, 3.05) is 12.3 Å². The predicted molar refractivity (Wildman–Crippen MR) is 120 cm³/mol. The molecule has 2 aliphatic rings. The third-order valence-electron chi connectivity index (χ3n) is 6.62. The molecule has 2 saturated heterocycles. The van der Waals surface area contributed by atoms with Gasteiger partial charge in [0.2, 0.25) is 0 Å². The van der Waals surface area contributed by atoms with Gasteiger partial charge in [0, 0.05) is 0 Å². The predicted octanol–water partition coefficient (Wildman–Crippen LogP) is 2.91. The minimum absolute atomic E-state index is 0.0789. The van der Waals surface area contributed by atoms with E-state index in [2.05, 4.69) is 55.0 Å². The topological polar surface area (TPSA) is 130 Å². The molecule has 4 heterocycles. The molecule has 11 heteroatoms. The molecule has 4 atom stereocenters. The molecule has 32 heavy (non-hydrogen) atoms. The summed E-state index contributed by atoms with van der Waals surface area (Å²) in [6, 6.07) is 2.13. The standard InChI is InChI=1S/C21H32N6O4Si/c1-20(2,3)32(6,7)28-10-13-15-16(31-21(4,5)30-15)19(29-13)27-18-14(12(26-27)8-9-22)17(23)24-11-25-18/h11,13,15-16,19H,8,10H2,1-7H3,(H2,23,24,25)/t13-,15-,16-,19-/m1/s1. The molecule has 0 amide bonds. The summed E-state index contributed by atoms with van der Waals surface area (Å²) in [6.07, 6.45) is -0.197. The van der Waals surface area contributed by atoms with Crippen LogP contribution in [-0.4, -0.2) is 58.8 Å². The van der Waals surface area contributed by atoms with Gasteiger partial charge in [0.1, 0.15) is 30.5 Å². The monoisotopic (exact) mass is 460 g/mol. The summed E-state index contributed by atoms with van der Waals surface area (Å²) < 4.78 is 27.0. The van der Waals surface area contributed by atoms with Gasteiger partial charge in [-0.2, -0.15) is 10.4 Å². The van der Waals surface area contributed by atoms with Gasteiger partial charge >= 0.3 is 0 Å². The maximum Gasteiger partial charge on any atom is 0.192 e. The number of fused-ring (bicyclic) bond motifs is 2. The van der Waals surface area contributed by atoms with Gasteiger partial charge in [0.05, 0.1) is 30.2 Å². The van der Waals surface area contributed by atoms with E-state index in [1.807, 2.05) is 13.8 Å². The molecule has 0 saturated carbocycles. The number of anilines is 1. The normalized spacial score (nSPS) is 27.6. The molecule has 2 aromatic heterocycles. The lowest BCUT2D eigenvalue weighted by atomic mass is 10.1. The highest BCUT2D eigenvalue weighted by molar-refractivity contribution is 6.74. The smallest absolute Gasteiger partial charge is 0.192 e. The number of aromatic nitrogens is 4. The maximum atomic E-state index is 9.25. The molecule has 4 rings (SSSR count). The Hall–Kier alpha value is -2.10. The van der Waals surface area contributed by atoms with Crippen molar-refractivity contribution in [3.8, 4) is 6.07 Å². The van der Waals surface area contributed by atoms with Gasteiger partial charge in [-0.05, 0) is 32.0 Å². The summed E-state index contributed by atoms with van der Waals surface area (Å²) in [5.41, 5.74) is 7.11. The summed E-state index contributed by atoms with van der Waals surface area (Å²) in [7, 11) is -1.98. The highest BCUT2D eigenvalue weighted by Gasteiger charge is 2.57. The molecule has 2 aromatic rings. The molecule has 10 nitrogen and oxygen atoms in total. The largest absolute Gasteiger partial charge is 0.414 e. The zero-order valence-electron chi connectivity index (χ0n) is 19.7. The Bertz CT molecular complexity index is 1060. The molecule has 2 aliphatic heterocycles. The van der Waals surface area contributed by atoms with Crippen molar-refractivity contribution in [3.63, 3.8) is 0 Å². The Morgan fingerprint density at radius 2 is 1.94 bits per heavy atom. The van der Waals surface area contributed by atoms with Crippen LogP contribution in [0, 0.1) is 11.3 Å². The summed E-state index contributed by atoms with van der Waals surface area (Å²) in [5.74, 6) is -0.484. The number of nitriles is 1. The van der Waals surface area contributed by atoms with E-state index in [0.717, 1.165) is 0 Å². The molecule has 2 fully saturated rings. The first-order valence-corrected chi connectivity index (χ1v) is 13.7. The fourth-order valence-electron chi connectivity index (χ4n) is 3.94. The van der Waals surface area contributed by atoms with E-state index in [0.29, 0.717) is 23.3 Å². The van der Waals surface area contributed by atoms with E-state index in [4.69, 9.17) is 24.4 Å². The van der Waals surface area contributed by atoms with Crippen molar-refractivity contribution in [2.24, 2.45) is 0 Å². The Labute approximate surface area is 189 Å². The van der Waals surface area contributed by atoms with Crippen molar-refractivity contribution < 1.29 is 18.6 Å². The average molecular weight is 461 g/mol. The van der Waals surface area contributed by atoms with Gasteiger partial charge < -0.3 is 24.4 Å². The van der Waals surface area contributed by atoms with Crippen molar-refractivity contribution >= 4 is 25.2 Å². The Morgan fingerprint density at radius 3 is 2.59 bits per heavy atom. The Balaban J connectivity index is 1.68. The number of hydrogen-bond acceptors (Lipinski definition) is 9. The van der Waals surface area contributed by atoms with Crippen LogP contribution in [-0.2, 0) is 25.1 Å². The van der Waals surface area contributed by atoms with E-state index < -0.39 is 26.4 Å². The molecular weight excluding hydrogens is 428 g/mol. The molecule has 0 spiro atoms. The second-order valence-corrected chi connectivity index (χ2v) is 15.2. The zero-order valence-corrected chi connectivity index (χ0v) is 20.7. The summed E-state index contributed by atoms with van der Waals surface area (Å²) in [5, 5.41) is 14.5. The summed E-state index contributed by atoms with van der Waals surface area (Å²) >= 11 is 0. The fourth-order valence-corrected chi connectivity index (χ4v) is 4.95. The molecular formula is C21H32N6O4Si. The first-order chi connectivity index (χ1) is 14.8. The number of nitrogens with two attached hydrogens (primary N) is 1. The first kappa shape index (κ1) is 23.1. The van der Waals surface area contributed by atoms with Crippen molar-refractivity contribution in [3.05, 3.63) is 12.0 Å². The molecule has 0 aliphatic carbocycles. The summed E-state index contributed by atoms with van der Waals surface area (Å²) in [6.45, 7) is 15.2. The third-order valence-corrected chi connectivity index (χ3v) is 11.1. The van der Waals surface area contributed by atoms with Crippen molar-refractivity contribution in [1.29, 1.82) is 5.26 Å². The zero-order chi connectivity index (χ0) is 23.5. The molecule has 0 aromatic carbocycles. The molecule has 0 bridgehead atoms. The van der Waals surface area contributed by atoms with E-state index in [1.165, 1.54) is 6.33 Å². The van der Waals surface area contributed by atoms with Gasteiger partial charge in [-0.3, -0.25) is 0 Å². The van der Waals surface area contributed by atoms with Crippen LogP contribution in [0.3, 0.4) is 0 Å². The number of rotatable bonds is 5. The average Bonchev–Trinajstić information content (AvgIpc) is 3.29. The van der Waals surface area contributed by atoms with Gasteiger partial charge in [0.25, 0.3) is 0 Å². The maximum absolute atomic E-state index is 9.25. The quantitative estimate of drug-likeness (QED) is 0.669. The minimum atomic E-state index is -1.98. The van der Waals surface area contributed by atoms with Crippen LogP contribution in [0.25, 0.3) is 11.0 Å². The van der Waals surface area contributed by atoms with Crippen LogP contribution >= 0.6 is 0 Å². The van der Waals surface area contributed by atoms with E-state index >= 15 is 0 Å². The number of hydrogen-bond donors (Lipinski definition) is 1. The van der Waals surface area contributed by atoms with Gasteiger partial charge in [-0.15, -0.1) is 0 Å². The Morgan fingerprint density at radius 1 is 1.25 bits per heavy atom. The third kappa shape index (κ3) is 3.90. The molecule has 0 unspecified atom stereocenters. The van der Waals surface area contributed by atoms with E-state index in [9.17, 15) is 5.26 Å².